The highest BCUT2D eigenvalue weighted by Crippen LogP contribution is 2.03. The first-order valence-corrected chi connectivity index (χ1v) is 3.45. The molecule has 8 heavy (non-hydrogen) atoms. The van der Waals surface area contributed by atoms with Gasteiger partial charge in [-0.2, -0.15) is 0 Å². The smallest absolute Gasteiger partial charge is 0.180 e. The molecule has 0 aliphatic heterocycles. The van der Waals surface area contributed by atoms with E-state index in [9.17, 15) is 0 Å². The predicted octanol–water partition coefficient (Wildman–Crippen LogP) is 2.34. The fourth-order valence-corrected chi connectivity index (χ4v) is 0. The number of nitrogens with two attached hydrogens (primary N) is 1. The van der Waals surface area contributed by atoms with Gasteiger partial charge in [0, 0.05) is 0 Å². The van der Waals surface area contributed by atoms with Gasteiger partial charge in [0.15, 0.2) is 4.30 Å². The summed E-state index contributed by atoms with van der Waals surface area (Å²) in [7, 11) is 0. The van der Waals surface area contributed by atoms with E-state index in [4.69, 9.17) is 40.5 Å². The van der Waals surface area contributed by atoms with Crippen molar-refractivity contribution in [2.75, 3.05) is 0 Å². The highest BCUT2D eigenvalue weighted by molar-refractivity contribution is 6.63. The Morgan fingerprint density at radius 2 is 1.12 bits per heavy atom. The van der Waals surface area contributed by atoms with E-state index in [-0.39, 0.29) is 0 Å². The van der Waals surface area contributed by atoms with Crippen molar-refractivity contribution in [3.8, 4) is 0 Å². The van der Waals surface area contributed by atoms with Gasteiger partial charge in [-0.15, -0.1) is 0 Å². The Balaban J connectivity index is 0. The van der Waals surface area contributed by atoms with Crippen LogP contribution in [0.1, 0.15) is 13.8 Å². The molecule has 0 spiro atoms. The summed E-state index contributed by atoms with van der Waals surface area (Å²) < 4.78 is -0.750. The van der Waals surface area contributed by atoms with Crippen molar-refractivity contribution in [1.82, 2.24) is 0 Å². The van der Waals surface area contributed by atoms with Gasteiger partial charge in [0.25, 0.3) is 0 Å². The SMILES string of the molecule is CC(C)N.ClC(Cl)Cl. The Kier molecular flexibility index (Phi) is 11.4. The highest BCUT2D eigenvalue weighted by Gasteiger charge is 1.78. The van der Waals surface area contributed by atoms with E-state index in [1.165, 1.54) is 0 Å². The van der Waals surface area contributed by atoms with E-state index in [1.54, 1.807) is 0 Å². The number of hydrogen-bond donors (Lipinski definition) is 1. The van der Waals surface area contributed by atoms with Crippen molar-refractivity contribution in [3.05, 3.63) is 0 Å². The van der Waals surface area contributed by atoms with Gasteiger partial charge < -0.3 is 5.73 Å². The van der Waals surface area contributed by atoms with Crippen LogP contribution in [0.3, 0.4) is 0 Å². The molecule has 0 aromatic carbocycles. The molecular weight excluding hydrogens is 168 g/mol. The lowest BCUT2D eigenvalue weighted by Gasteiger charge is -1.81. The summed E-state index contributed by atoms with van der Waals surface area (Å²) in [6.07, 6.45) is 0. The molecule has 0 amide bonds. The third-order valence-electron chi connectivity index (χ3n) is 0. The van der Waals surface area contributed by atoms with Crippen molar-refractivity contribution < 1.29 is 0 Å². The molecule has 0 rings (SSSR count). The van der Waals surface area contributed by atoms with E-state index in [1.807, 2.05) is 13.8 Å². The van der Waals surface area contributed by atoms with Crippen LogP contribution in [0.4, 0.5) is 0 Å². The van der Waals surface area contributed by atoms with Crippen LogP contribution < -0.4 is 5.73 Å². The first-order valence-electron chi connectivity index (χ1n) is 2.14. The molecule has 0 aromatic heterocycles. The van der Waals surface area contributed by atoms with Gasteiger partial charge >= 0.3 is 0 Å². The maximum Gasteiger partial charge on any atom is 0.180 e. The standard InChI is InChI=1S/C3H9N.CHCl3/c1-3(2)4;2-1(3)4/h3H,4H2,1-2H3;1H. The minimum Gasteiger partial charge on any atom is -0.328 e. The Labute approximate surface area is 65.1 Å². The molecule has 0 atom stereocenters. The first-order chi connectivity index (χ1) is 3.46. The summed E-state index contributed by atoms with van der Waals surface area (Å²) in [5.74, 6) is 0. The van der Waals surface area contributed by atoms with Crippen LogP contribution in [-0.4, -0.2) is 10.3 Å². The molecule has 4 heteroatoms. The Hall–Kier alpha value is 0.830. The summed E-state index contributed by atoms with van der Waals surface area (Å²) >= 11 is 14.4. The molecule has 0 bridgehead atoms. The molecule has 0 unspecified atom stereocenters. The fourth-order valence-electron chi connectivity index (χ4n) is 0. The normalized spacial score (nSPS) is 9.00. The third kappa shape index (κ3) is 337. The highest BCUT2D eigenvalue weighted by atomic mass is 35.6. The second-order valence-electron chi connectivity index (χ2n) is 1.49. The number of hydrogen-bond acceptors (Lipinski definition) is 1. The molecule has 0 saturated carbocycles. The Bertz CT molecular complexity index is 26.8. The van der Waals surface area contributed by atoms with Crippen LogP contribution in [-0.2, 0) is 0 Å². The van der Waals surface area contributed by atoms with Crippen LogP contribution in [0, 0.1) is 0 Å². The minimum absolute atomic E-state index is 0.333. The van der Waals surface area contributed by atoms with Gasteiger partial charge in [0.05, 0.1) is 0 Å². The Morgan fingerprint density at radius 1 is 1.12 bits per heavy atom. The summed E-state index contributed by atoms with van der Waals surface area (Å²) in [5, 5.41) is 0. The van der Waals surface area contributed by atoms with Crippen molar-refractivity contribution in [2.24, 2.45) is 5.73 Å². The molecule has 52 valence electrons. The molecule has 0 fully saturated rings. The van der Waals surface area contributed by atoms with Crippen molar-refractivity contribution in [3.63, 3.8) is 0 Å². The zero-order chi connectivity index (χ0) is 7.15. The summed E-state index contributed by atoms with van der Waals surface area (Å²) in [6, 6.07) is 0.333. The van der Waals surface area contributed by atoms with E-state index in [2.05, 4.69) is 0 Å². The minimum atomic E-state index is -0.750. The molecule has 0 aliphatic rings. The number of halogens is 3. The second kappa shape index (κ2) is 7.83. The average molecular weight is 178 g/mol. The topological polar surface area (TPSA) is 26.0 Å². The van der Waals surface area contributed by atoms with Crippen LogP contribution >= 0.6 is 34.8 Å². The van der Waals surface area contributed by atoms with Gasteiger partial charge in [0.2, 0.25) is 0 Å². The fraction of sp³-hybridized carbons (Fsp3) is 1.00. The van der Waals surface area contributed by atoms with Crippen molar-refractivity contribution in [2.45, 2.75) is 24.2 Å². The molecular formula is C4H10Cl3N. The molecule has 2 N–H and O–H groups in total. The zero-order valence-electron chi connectivity index (χ0n) is 4.87. The second-order valence-corrected chi connectivity index (χ2v) is 3.47. The van der Waals surface area contributed by atoms with E-state index in [0.29, 0.717) is 6.04 Å². The van der Waals surface area contributed by atoms with E-state index in [0.717, 1.165) is 0 Å². The van der Waals surface area contributed by atoms with Gasteiger partial charge in [-0.05, 0) is 6.04 Å². The third-order valence-corrected chi connectivity index (χ3v) is 0. The van der Waals surface area contributed by atoms with Gasteiger partial charge in [-0.1, -0.05) is 48.7 Å². The maximum atomic E-state index is 5.11. The number of alkyl halides is 3. The quantitative estimate of drug-likeness (QED) is 0.566. The monoisotopic (exact) mass is 177 g/mol. The van der Waals surface area contributed by atoms with Gasteiger partial charge in [0.1, 0.15) is 0 Å². The lowest BCUT2D eigenvalue weighted by atomic mass is 10.5. The van der Waals surface area contributed by atoms with Crippen LogP contribution in [0.25, 0.3) is 0 Å². The van der Waals surface area contributed by atoms with E-state index >= 15 is 0 Å². The molecule has 1 nitrogen and oxygen atoms in total. The van der Waals surface area contributed by atoms with Crippen LogP contribution in [0.5, 0.6) is 0 Å². The predicted molar refractivity (Wildman–Crippen MR) is 40.7 cm³/mol. The molecule has 0 aromatic rings. The summed E-state index contributed by atoms with van der Waals surface area (Å²) in [4.78, 5) is 0. The largest absolute Gasteiger partial charge is 0.328 e. The van der Waals surface area contributed by atoms with Crippen molar-refractivity contribution >= 4 is 34.8 Å². The maximum absolute atomic E-state index is 5.11. The van der Waals surface area contributed by atoms with E-state index < -0.39 is 4.30 Å². The molecule has 0 aliphatic carbocycles. The van der Waals surface area contributed by atoms with Gasteiger partial charge in [-0.25, -0.2) is 0 Å². The zero-order valence-corrected chi connectivity index (χ0v) is 7.13. The Morgan fingerprint density at radius 3 is 1.12 bits per heavy atom. The van der Waals surface area contributed by atoms with Gasteiger partial charge in [-0.3, -0.25) is 0 Å². The lowest BCUT2D eigenvalue weighted by Crippen LogP contribution is -2.06. The average Bonchev–Trinajstić information content (AvgIpc) is 1.25. The lowest BCUT2D eigenvalue weighted by molar-refractivity contribution is 0.834. The molecule has 0 saturated heterocycles. The molecule has 0 radical (unpaired) electrons. The number of rotatable bonds is 0. The van der Waals surface area contributed by atoms with Crippen LogP contribution in [0.15, 0.2) is 0 Å². The van der Waals surface area contributed by atoms with Crippen molar-refractivity contribution in [1.29, 1.82) is 0 Å². The molecule has 0 heterocycles. The summed E-state index contributed by atoms with van der Waals surface area (Å²) in [5.41, 5.74) is 5.11. The summed E-state index contributed by atoms with van der Waals surface area (Å²) in [6.45, 7) is 3.89. The first kappa shape index (κ1) is 11.6. The van der Waals surface area contributed by atoms with Crippen LogP contribution in [0.2, 0.25) is 0 Å².